The van der Waals surface area contributed by atoms with Gasteiger partial charge in [0, 0.05) is 19.0 Å². The second kappa shape index (κ2) is 6.80. The molecule has 4 heteroatoms. The van der Waals surface area contributed by atoms with E-state index in [2.05, 4.69) is 22.0 Å². The highest BCUT2D eigenvalue weighted by Gasteiger charge is 2.15. The Morgan fingerprint density at radius 1 is 1.60 bits per heavy atom. The number of ether oxygens (including phenoxy) is 1. The van der Waals surface area contributed by atoms with Gasteiger partial charge in [0.15, 0.2) is 0 Å². The number of rotatable bonds is 5. The molecule has 0 aromatic rings. The van der Waals surface area contributed by atoms with Crippen molar-refractivity contribution in [3.8, 4) is 0 Å². The minimum atomic E-state index is -0.113. The topological polar surface area (TPSA) is 41.6 Å². The summed E-state index contributed by atoms with van der Waals surface area (Å²) in [4.78, 5) is 13.2. The van der Waals surface area contributed by atoms with Gasteiger partial charge in [-0.15, -0.1) is 0 Å². The fourth-order valence-corrected chi connectivity index (χ4v) is 1.97. The molecule has 88 valence electrons. The van der Waals surface area contributed by atoms with Crippen molar-refractivity contribution in [3.63, 3.8) is 0 Å². The van der Waals surface area contributed by atoms with Gasteiger partial charge in [-0.05, 0) is 39.4 Å². The van der Waals surface area contributed by atoms with Crippen LogP contribution in [0.4, 0.5) is 0 Å². The molecule has 0 amide bonds. The molecule has 0 spiro atoms. The minimum Gasteiger partial charge on any atom is -0.469 e. The van der Waals surface area contributed by atoms with E-state index in [0.29, 0.717) is 12.5 Å². The van der Waals surface area contributed by atoms with Gasteiger partial charge < -0.3 is 15.0 Å². The normalized spacial score (nSPS) is 22.7. The summed E-state index contributed by atoms with van der Waals surface area (Å²) >= 11 is 0. The monoisotopic (exact) mass is 214 g/mol. The van der Waals surface area contributed by atoms with Crippen molar-refractivity contribution in [2.24, 2.45) is 0 Å². The van der Waals surface area contributed by atoms with Gasteiger partial charge in [0.2, 0.25) is 0 Å². The molecule has 1 aliphatic heterocycles. The van der Waals surface area contributed by atoms with Gasteiger partial charge in [0.1, 0.15) is 0 Å². The van der Waals surface area contributed by atoms with Crippen LogP contribution in [0.25, 0.3) is 0 Å². The van der Waals surface area contributed by atoms with Crippen LogP contribution in [-0.4, -0.2) is 50.7 Å². The van der Waals surface area contributed by atoms with Crippen LogP contribution in [0.2, 0.25) is 0 Å². The summed E-state index contributed by atoms with van der Waals surface area (Å²) in [6.07, 6.45) is 3.91. The van der Waals surface area contributed by atoms with E-state index in [1.807, 2.05) is 0 Å². The molecule has 0 saturated carbocycles. The molecule has 1 unspecified atom stereocenters. The molecular weight excluding hydrogens is 192 g/mol. The van der Waals surface area contributed by atoms with Gasteiger partial charge in [-0.2, -0.15) is 0 Å². The largest absolute Gasteiger partial charge is 0.469 e. The predicted octanol–water partition coefficient (Wildman–Crippen LogP) is 0.623. The van der Waals surface area contributed by atoms with E-state index in [9.17, 15) is 4.79 Å². The molecule has 1 saturated heterocycles. The number of likely N-dealkylation sites (tertiary alicyclic amines) is 1. The zero-order chi connectivity index (χ0) is 11.1. The molecule has 0 aliphatic carbocycles. The van der Waals surface area contributed by atoms with Crippen LogP contribution in [0.5, 0.6) is 0 Å². The van der Waals surface area contributed by atoms with Crippen molar-refractivity contribution in [2.75, 3.05) is 33.8 Å². The lowest BCUT2D eigenvalue weighted by Gasteiger charge is -2.30. The Hall–Kier alpha value is -0.610. The SMILES string of the molecule is COC(=O)CCCNC1CCCN(C)C1. The van der Waals surface area contributed by atoms with E-state index in [1.165, 1.54) is 26.5 Å². The highest BCUT2D eigenvalue weighted by Crippen LogP contribution is 2.07. The summed E-state index contributed by atoms with van der Waals surface area (Å²) in [6, 6.07) is 0.599. The van der Waals surface area contributed by atoms with Gasteiger partial charge in [0.05, 0.1) is 7.11 Å². The quantitative estimate of drug-likeness (QED) is 0.538. The highest BCUT2D eigenvalue weighted by molar-refractivity contribution is 5.69. The Labute approximate surface area is 92.0 Å². The number of piperidine rings is 1. The molecule has 1 atom stereocenters. The Morgan fingerprint density at radius 3 is 3.07 bits per heavy atom. The Morgan fingerprint density at radius 2 is 2.40 bits per heavy atom. The zero-order valence-electron chi connectivity index (χ0n) is 9.79. The summed E-state index contributed by atoms with van der Waals surface area (Å²) in [6.45, 7) is 3.24. The summed E-state index contributed by atoms with van der Waals surface area (Å²) in [5.41, 5.74) is 0. The number of carbonyl (C=O) groups excluding carboxylic acids is 1. The Bertz CT molecular complexity index is 197. The second-order valence-corrected chi connectivity index (χ2v) is 4.24. The predicted molar refractivity (Wildman–Crippen MR) is 59.8 cm³/mol. The van der Waals surface area contributed by atoms with Gasteiger partial charge in [0.25, 0.3) is 0 Å². The molecule has 0 aromatic carbocycles. The van der Waals surface area contributed by atoms with Crippen molar-refractivity contribution in [2.45, 2.75) is 31.7 Å². The van der Waals surface area contributed by atoms with E-state index < -0.39 is 0 Å². The van der Waals surface area contributed by atoms with Crippen LogP contribution >= 0.6 is 0 Å². The van der Waals surface area contributed by atoms with Gasteiger partial charge in [-0.3, -0.25) is 4.79 Å². The van der Waals surface area contributed by atoms with Gasteiger partial charge in [-0.1, -0.05) is 0 Å². The lowest BCUT2D eigenvalue weighted by Crippen LogP contribution is -2.44. The molecule has 1 fully saturated rings. The van der Waals surface area contributed by atoms with E-state index in [-0.39, 0.29) is 5.97 Å². The van der Waals surface area contributed by atoms with Crippen LogP contribution < -0.4 is 5.32 Å². The molecule has 1 N–H and O–H groups in total. The van der Waals surface area contributed by atoms with Crippen molar-refractivity contribution in [1.82, 2.24) is 10.2 Å². The van der Waals surface area contributed by atoms with E-state index in [4.69, 9.17) is 0 Å². The van der Waals surface area contributed by atoms with E-state index in [0.717, 1.165) is 19.5 Å². The molecule has 1 heterocycles. The van der Waals surface area contributed by atoms with Crippen molar-refractivity contribution in [1.29, 1.82) is 0 Å². The van der Waals surface area contributed by atoms with Crippen LogP contribution in [0.1, 0.15) is 25.7 Å². The van der Waals surface area contributed by atoms with E-state index >= 15 is 0 Å². The number of methoxy groups -OCH3 is 1. The molecule has 0 aromatic heterocycles. The molecule has 1 aliphatic rings. The van der Waals surface area contributed by atoms with Gasteiger partial charge >= 0.3 is 5.97 Å². The first-order valence-electron chi connectivity index (χ1n) is 5.71. The number of hydrogen-bond acceptors (Lipinski definition) is 4. The highest BCUT2D eigenvalue weighted by atomic mass is 16.5. The third-order valence-electron chi connectivity index (χ3n) is 2.84. The molecule has 4 nitrogen and oxygen atoms in total. The first kappa shape index (κ1) is 12.5. The summed E-state index contributed by atoms with van der Waals surface area (Å²) in [5, 5.41) is 3.48. The lowest BCUT2D eigenvalue weighted by atomic mass is 10.1. The Balaban J connectivity index is 2.02. The fourth-order valence-electron chi connectivity index (χ4n) is 1.97. The molecule has 1 rings (SSSR count). The zero-order valence-corrected chi connectivity index (χ0v) is 9.79. The first-order valence-corrected chi connectivity index (χ1v) is 5.71. The molecule has 0 bridgehead atoms. The van der Waals surface area contributed by atoms with Gasteiger partial charge in [-0.25, -0.2) is 0 Å². The van der Waals surface area contributed by atoms with Crippen LogP contribution in [0.15, 0.2) is 0 Å². The van der Waals surface area contributed by atoms with Crippen LogP contribution in [0.3, 0.4) is 0 Å². The average molecular weight is 214 g/mol. The number of carbonyl (C=O) groups is 1. The van der Waals surface area contributed by atoms with Crippen LogP contribution in [-0.2, 0) is 9.53 Å². The average Bonchev–Trinajstić information content (AvgIpc) is 2.24. The third kappa shape index (κ3) is 5.14. The molecular formula is C11H22N2O2. The number of hydrogen-bond donors (Lipinski definition) is 1. The Kier molecular flexibility index (Phi) is 5.65. The second-order valence-electron chi connectivity index (χ2n) is 4.24. The molecule has 0 radical (unpaired) electrons. The smallest absolute Gasteiger partial charge is 0.305 e. The van der Waals surface area contributed by atoms with Crippen LogP contribution in [0, 0.1) is 0 Å². The number of likely N-dealkylation sites (N-methyl/N-ethyl adjacent to an activating group) is 1. The van der Waals surface area contributed by atoms with Crippen molar-refractivity contribution in [3.05, 3.63) is 0 Å². The number of nitrogens with zero attached hydrogens (tertiary/aromatic N) is 1. The standard InChI is InChI=1S/C11H22N2O2/c1-13-8-4-5-10(9-13)12-7-3-6-11(14)15-2/h10,12H,3-9H2,1-2H3. The number of esters is 1. The minimum absolute atomic E-state index is 0.113. The van der Waals surface area contributed by atoms with Crippen molar-refractivity contribution >= 4 is 5.97 Å². The third-order valence-corrected chi connectivity index (χ3v) is 2.84. The maximum atomic E-state index is 10.9. The maximum absolute atomic E-state index is 10.9. The summed E-state index contributed by atoms with van der Waals surface area (Å²) in [7, 11) is 3.59. The molecule has 15 heavy (non-hydrogen) atoms. The fraction of sp³-hybridized carbons (Fsp3) is 0.909. The summed E-state index contributed by atoms with van der Waals surface area (Å²) < 4.78 is 4.58. The number of nitrogens with one attached hydrogen (secondary N) is 1. The maximum Gasteiger partial charge on any atom is 0.305 e. The lowest BCUT2D eigenvalue weighted by molar-refractivity contribution is -0.140. The first-order chi connectivity index (χ1) is 7.22. The van der Waals surface area contributed by atoms with Crippen molar-refractivity contribution < 1.29 is 9.53 Å². The van der Waals surface area contributed by atoms with E-state index in [1.54, 1.807) is 0 Å². The summed E-state index contributed by atoms with van der Waals surface area (Å²) in [5.74, 6) is -0.113.